The molecule has 0 spiro atoms. The topological polar surface area (TPSA) is 55.1 Å². The molecule has 0 N–H and O–H groups in total. The molecule has 11 rings (SSSR count). The number of para-hydroxylation sites is 1. The van der Waals surface area contributed by atoms with E-state index < -0.39 is 0 Å². The SMILES string of the molecule is CC1(C)c2ccccc2-c2ccc(N(c3ccccc3)c3cccc(-c4ccc5c(c4)oc4cccc(-c6nc(-c7ccccc7)nc(-c7ccccc7)n6)c45)c3)cc21. The molecule has 59 heavy (non-hydrogen) atoms. The summed E-state index contributed by atoms with van der Waals surface area (Å²) in [6.07, 6.45) is 0. The molecule has 1 aliphatic carbocycles. The van der Waals surface area contributed by atoms with Crippen molar-refractivity contribution in [3.8, 4) is 56.4 Å². The second-order valence-electron chi connectivity index (χ2n) is 15.7. The lowest BCUT2D eigenvalue weighted by molar-refractivity contribution is 0.660. The second-order valence-corrected chi connectivity index (χ2v) is 15.7. The predicted molar refractivity (Wildman–Crippen MR) is 241 cm³/mol. The van der Waals surface area contributed by atoms with E-state index in [1.807, 2.05) is 72.8 Å². The van der Waals surface area contributed by atoms with Crippen LogP contribution in [0, 0.1) is 0 Å². The third-order valence-corrected chi connectivity index (χ3v) is 11.7. The van der Waals surface area contributed by atoms with Gasteiger partial charge in [-0.1, -0.05) is 153 Å². The third-order valence-electron chi connectivity index (χ3n) is 11.7. The first-order valence-electron chi connectivity index (χ1n) is 20.0. The zero-order valence-corrected chi connectivity index (χ0v) is 32.7. The molecule has 2 aromatic heterocycles. The monoisotopic (exact) mass is 758 g/mol. The maximum atomic E-state index is 6.63. The van der Waals surface area contributed by atoms with Crippen molar-refractivity contribution in [2.75, 3.05) is 4.90 Å². The summed E-state index contributed by atoms with van der Waals surface area (Å²) < 4.78 is 6.63. The number of hydrogen-bond acceptors (Lipinski definition) is 5. The van der Waals surface area contributed by atoms with Crippen LogP contribution in [0.25, 0.3) is 78.4 Å². The molecule has 5 nitrogen and oxygen atoms in total. The van der Waals surface area contributed by atoms with Crippen molar-refractivity contribution in [1.29, 1.82) is 0 Å². The second kappa shape index (κ2) is 13.8. The molecule has 280 valence electrons. The molecule has 1 aliphatic rings. The summed E-state index contributed by atoms with van der Waals surface area (Å²) >= 11 is 0. The van der Waals surface area contributed by atoms with E-state index in [-0.39, 0.29) is 5.41 Å². The van der Waals surface area contributed by atoms with Crippen LogP contribution in [0.5, 0.6) is 0 Å². The van der Waals surface area contributed by atoms with Gasteiger partial charge in [0.2, 0.25) is 0 Å². The van der Waals surface area contributed by atoms with Gasteiger partial charge in [-0.05, 0) is 88.0 Å². The van der Waals surface area contributed by atoms with Crippen molar-refractivity contribution in [1.82, 2.24) is 15.0 Å². The standard InChI is InChI=1S/C54H38N4O/c1-54(2)46-26-13-12-24-42(46)43-31-29-41(34-47(43)54)58(39-21-10-5-11-22-39)40-23-14-20-37(32-40)38-28-30-44-49(33-38)59-48-27-15-25-45(50(44)48)53-56-51(35-16-6-3-7-17-35)55-52(57-53)36-18-8-4-9-19-36/h3-34H,1-2H3. The largest absolute Gasteiger partial charge is 0.456 e. The van der Waals surface area contributed by atoms with Crippen molar-refractivity contribution in [2.24, 2.45) is 0 Å². The van der Waals surface area contributed by atoms with E-state index in [1.165, 1.54) is 22.3 Å². The normalized spacial score (nSPS) is 12.7. The number of rotatable bonds is 7. The summed E-state index contributed by atoms with van der Waals surface area (Å²) in [7, 11) is 0. The van der Waals surface area contributed by atoms with Gasteiger partial charge in [-0.15, -0.1) is 0 Å². The van der Waals surface area contributed by atoms with Crippen molar-refractivity contribution < 1.29 is 4.42 Å². The Bertz CT molecular complexity index is 3130. The molecule has 0 amide bonds. The summed E-state index contributed by atoms with van der Waals surface area (Å²) in [5, 5.41) is 1.98. The fraction of sp³-hybridized carbons (Fsp3) is 0.0556. The van der Waals surface area contributed by atoms with E-state index >= 15 is 0 Å². The summed E-state index contributed by atoms with van der Waals surface area (Å²) in [4.78, 5) is 17.4. The Balaban J connectivity index is 1.01. The Morgan fingerprint density at radius 3 is 1.69 bits per heavy atom. The van der Waals surface area contributed by atoms with Gasteiger partial charge in [0.05, 0.1) is 0 Å². The first-order valence-corrected chi connectivity index (χ1v) is 20.0. The van der Waals surface area contributed by atoms with E-state index in [2.05, 4.69) is 140 Å². The minimum Gasteiger partial charge on any atom is -0.456 e. The van der Waals surface area contributed by atoms with E-state index in [4.69, 9.17) is 19.4 Å². The third kappa shape index (κ3) is 5.90. The van der Waals surface area contributed by atoms with Crippen LogP contribution >= 0.6 is 0 Å². The number of aromatic nitrogens is 3. The van der Waals surface area contributed by atoms with Crippen LogP contribution in [0.4, 0.5) is 17.1 Å². The van der Waals surface area contributed by atoms with Gasteiger partial charge in [-0.2, -0.15) is 0 Å². The zero-order chi connectivity index (χ0) is 39.5. The highest BCUT2D eigenvalue weighted by Crippen LogP contribution is 2.51. The summed E-state index contributed by atoms with van der Waals surface area (Å²) in [5.74, 6) is 1.85. The van der Waals surface area contributed by atoms with Gasteiger partial charge in [-0.3, -0.25) is 0 Å². The van der Waals surface area contributed by atoms with Crippen LogP contribution in [-0.2, 0) is 5.41 Å². The fourth-order valence-corrected chi connectivity index (χ4v) is 8.80. The molecular weight excluding hydrogens is 721 g/mol. The Kier molecular flexibility index (Phi) is 8.09. The van der Waals surface area contributed by atoms with Crippen LogP contribution in [0.2, 0.25) is 0 Å². The Labute approximate surface area is 342 Å². The van der Waals surface area contributed by atoms with E-state index in [0.29, 0.717) is 17.5 Å². The average Bonchev–Trinajstić information content (AvgIpc) is 3.78. The van der Waals surface area contributed by atoms with Crippen LogP contribution in [0.3, 0.4) is 0 Å². The highest BCUT2D eigenvalue weighted by Gasteiger charge is 2.35. The van der Waals surface area contributed by atoms with Crippen molar-refractivity contribution in [2.45, 2.75) is 19.3 Å². The number of hydrogen-bond donors (Lipinski definition) is 0. The Morgan fingerprint density at radius 1 is 0.390 bits per heavy atom. The first kappa shape index (κ1) is 34.6. The minimum absolute atomic E-state index is 0.105. The Morgan fingerprint density at radius 2 is 0.949 bits per heavy atom. The molecule has 10 aromatic rings. The first-order chi connectivity index (χ1) is 29.0. The molecule has 0 aliphatic heterocycles. The van der Waals surface area contributed by atoms with E-state index in [0.717, 1.165) is 66.8 Å². The predicted octanol–water partition coefficient (Wildman–Crippen LogP) is 14.2. The van der Waals surface area contributed by atoms with Gasteiger partial charge in [0, 0.05) is 49.9 Å². The maximum Gasteiger partial charge on any atom is 0.164 e. The Hall–Kier alpha value is -7.63. The molecule has 0 saturated carbocycles. The molecule has 5 heteroatoms. The van der Waals surface area contributed by atoms with E-state index in [1.54, 1.807) is 0 Å². The number of anilines is 3. The maximum absolute atomic E-state index is 6.63. The number of nitrogens with zero attached hydrogens (tertiary/aromatic N) is 4. The van der Waals surface area contributed by atoms with Gasteiger partial charge in [0.1, 0.15) is 11.2 Å². The van der Waals surface area contributed by atoms with Crippen LogP contribution < -0.4 is 4.90 Å². The lowest BCUT2D eigenvalue weighted by Crippen LogP contribution is -2.16. The summed E-state index contributed by atoms with van der Waals surface area (Å²) in [6.45, 7) is 4.67. The van der Waals surface area contributed by atoms with Gasteiger partial charge < -0.3 is 9.32 Å². The molecule has 0 bridgehead atoms. The lowest BCUT2D eigenvalue weighted by Gasteiger charge is -2.28. The molecule has 8 aromatic carbocycles. The van der Waals surface area contributed by atoms with Crippen LogP contribution in [-0.4, -0.2) is 15.0 Å². The van der Waals surface area contributed by atoms with Crippen molar-refractivity contribution in [3.63, 3.8) is 0 Å². The van der Waals surface area contributed by atoms with E-state index in [9.17, 15) is 0 Å². The molecule has 0 radical (unpaired) electrons. The van der Waals surface area contributed by atoms with Gasteiger partial charge >= 0.3 is 0 Å². The highest BCUT2D eigenvalue weighted by atomic mass is 16.3. The summed E-state index contributed by atoms with van der Waals surface area (Å²) in [5.41, 5.74) is 15.0. The van der Waals surface area contributed by atoms with Crippen molar-refractivity contribution in [3.05, 3.63) is 205 Å². The number of fused-ring (bicyclic) bond motifs is 6. The quantitative estimate of drug-likeness (QED) is 0.162. The zero-order valence-electron chi connectivity index (χ0n) is 32.7. The number of furan rings is 1. The molecule has 0 saturated heterocycles. The van der Waals surface area contributed by atoms with Gasteiger partial charge in [0.25, 0.3) is 0 Å². The fourth-order valence-electron chi connectivity index (χ4n) is 8.80. The molecule has 0 fully saturated rings. The molecule has 2 heterocycles. The van der Waals surface area contributed by atoms with Crippen LogP contribution in [0.15, 0.2) is 199 Å². The lowest BCUT2D eigenvalue weighted by atomic mass is 9.82. The molecular formula is C54H38N4O. The summed E-state index contributed by atoms with van der Waals surface area (Å²) in [6, 6.07) is 67.9. The van der Waals surface area contributed by atoms with Crippen molar-refractivity contribution >= 4 is 39.0 Å². The highest BCUT2D eigenvalue weighted by molar-refractivity contribution is 6.12. The molecule has 0 unspecified atom stereocenters. The number of benzene rings is 8. The minimum atomic E-state index is -0.105. The average molecular weight is 759 g/mol. The van der Waals surface area contributed by atoms with Crippen LogP contribution in [0.1, 0.15) is 25.0 Å². The van der Waals surface area contributed by atoms with Gasteiger partial charge in [0.15, 0.2) is 17.5 Å². The smallest absolute Gasteiger partial charge is 0.164 e. The van der Waals surface area contributed by atoms with Gasteiger partial charge in [-0.25, -0.2) is 15.0 Å². The molecule has 0 atom stereocenters.